The summed E-state index contributed by atoms with van der Waals surface area (Å²) < 4.78 is 0. The van der Waals surface area contributed by atoms with Gasteiger partial charge in [0, 0.05) is 19.5 Å². The highest BCUT2D eigenvalue weighted by Crippen LogP contribution is 2.43. The first kappa shape index (κ1) is 10.9. The van der Waals surface area contributed by atoms with E-state index in [1.165, 1.54) is 31.6 Å². The lowest BCUT2D eigenvalue weighted by Crippen LogP contribution is -2.51. The molecule has 0 aromatic heterocycles. The normalized spacial score (nSPS) is 35.5. The third-order valence-electron chi connectivity index (χ3n) is 4.46. The van der Waals surface area contributed by atoms with E-state index in [1.54, 1.807) is 0 Å². The lowest BCUT2D eigenvalue weighted by Gasteiger charge is -2.49. The third-order valence-corrected chi connectivity index (χ3v) is 4.46. The summed E-state index contributed by atoms with van der Waals surface area (Å²) in [7, 11) is 0. The van der Waals surface area contributed by atoms with Crippen LogP contribution in [0.4, 0.5) is 0 Å². The summed E-state index contributed by atoms with van der Waals surface area (Å²) in [5.41, 5.74) is 1.50. The summed E-state index contributed by atoms with van der Waals surface area (Å²) in [6, 6.07) is 11.0. The molecule has 1 nitrogen and oxygen atoms in total. The van der Waals surface area contributed by atoms with E-state index in [2.05, 4.69) is 41.2 Å². The Bertz CT molecular complexity index is 417. The number of terminal acetylenes is 1. The minimum atomic E-state index is 0.706. The Morgan fingerprint density at radius 2 is 2.06 bits per heavy atom. The van der Waals surface area contributed by atoms with E-state index in [4.69, 9.17) is 6.42 Å². The minimum absolute atomic E-state index is 0.706. The van der Waals surface area contributed by atoms with Crippen molar-refractivity contribution < 1.29 is 0 Å². The molecule has 4 atom stereocenters. The molecule has 0 radical (unpaired) electrons. The maximum atomic E-state index is 5.51. The van der Waals surface area contributed by atoms with Crippen molar-refractivity contribution in [1.29, 1.82) is 0 Å². The predicted molar refractivity (Wildman–Crippen MR) is 70.7 cm³/mol. The van der Waals surface area contributed by atoms with Gasteiger partial charge in [-0.25, -0.2) is 0 Å². The molecule has 1 unspecified atom stereocenters. The number of piperidine rings is 3. The molecule has 2 bridgehead atoms. The molecule has 0 aliphatic carbocycles. The molecule has 3 saturated heterocycles. The number of hydrogen-bond donors (Lipinski definition) is 0. The summed E-state index contributed by atoms with van der Waals surface area (Å²) in [4.78, 5) is 2.60. The second-order valence-corrected chi connectivity index (χ2v) is 5.40. The summed E-state index contributed by atoms with van der Waals surface area (Å²) in [5.74, 6) is 5.09. The van der Waals surface area contributed by atoms with E-state index < -0.39 is 0 Å². The van der Waals surface area contributed by atoms with Crippen molar-refractivity contribution in [3.63, 3.8) is 0 Å². The van der Waals surface area contributed by atoms with Crippen LogP contribution >= 0.6 is 0 Å². The Hall–Kier alpha value is -1.26. The summed E-state index contributed by atoms with van der Waals surface area (Å²) >= 11 is 0. The quantitative estimate of drug-likeness (QED) is 0.700. The van der Waals surface area contributed by atoms with Gasteiger partial charge in [-0.05, 0) is 36.3 Å². The Morgan fingerprint density at radius 3 is 2.76 bits per heavy atom. The van der Waals surface area contributed by atoms with Gasteiger partial charge in [-0.15, -0.1) is 12.3 Å². The van der Waals surface area contributed by atoms with Crippen LogP contribution in [0.15, 0.2) is 30.3 Å². The van der Waals surface area contributed by atoms with E-state index in [-0.39, 0.29) is 0 Å². The highest BCUT2D eigenvalue weighted by Gasteiger charge is 2.40. The molecule has 3 aliphatic heterocycles. The molecule has 1 aromatic carbocycles. The van der Waals surface area contributed by atoms with Gasteiger partial charge in [-0.2, -0.15) is 0 Å². The highest BCUT2D eigenvalue weighted by atomic mass is 15.2. The zero-order valence-corrected chi connectivity index (χ0v) is 10.2. The standard InChI is InChI=1S/C16H19N/c1-2-6-14-11-17-10-9-15(14)16(12-17)13-7-4-3-5-8-13/h1,3-5,7-8,14-16H,6,9-12H2/t14-,15-,16-/m1/s1. The summed E-state index contributed by atoms with van der Waals surface area (Å²) in [6.07, 6.45) is 7.78. The second-order valence-electron chi connectivity index (χ2n) is 5.40. The van der Waals surface area contributed by atoms with Gasteiger partial charge in [-0.1, -0.05) is 30.3 Å². The maximum absolute atomic E-state index is 5.51. The number of rotatable bonds is 2. The molecule has 0 amide bonds. The number of fused-ring (bicyclic) bond motifs is 3. The van der Waals surface area contributed by atoms with Gasteiger partial charge >= 0.3 is 0 Å². The molecule has 0 N–H and O–H groups in total. The largest absolute Gasteiger partial charge is 0.302 e. The van der Waals surface area contributed by atoms with Crippen molar-refractivity contribution in [2.24, 2.45) is 11.8 Å². The smallest absolute Gasteiger partial charge is 0.0129 e. The number of benzene rings is 1. The lowest BCUT2D eigenvalue weighted by atomic mass is 9.69. The van der Waals surface area contributed by atoms with Gasteiger partial charge in [0.15, 0.2) is 0 Å². The van der Waals surface area contributed by atoms with Crippen molar-refractivity contribution in [3.8, 4) is 12.3 Å². The second kappa shape index (κ2) is 4.55. The molecule has 1 aromatic rings. The van der Waals surface area contributed by atoms with Crippen LogP contribution < -0.4 is 0 Å². The van der Waals surface area contributed by atoms with E-state index in [1.807, 2.05) is 0 Å². The summed E-state index contributed by atoms with van der Waals surface area (Å²) in [6.45, 7) is 3.73. The van der Waals surface area contributed by atoms with Crippen molar-refractivity contribution >= 4 is 0 Å². The predicted octanol–water partition coefficient (Wildman–Crippen LogP) is 2.75. The van der Waals surface area contributed by atoms with Crippen LogP contribution in [0.3, 0.4) is 0 Å². The van der Waals surface area contributed by atoms with Gasteiger partial charge in [0.25, 0.3) is 0 Å². The molecule has 0 spiro atoms. The van der Waals surface area contributed by atoms with Crippen LogP contribution in [0, 0.1) is 24.2 Å². The molecule has 3 fully saturated rings. The van der Waals surface area contributed by atoms with Crippen molar-refractivity contribution in [2.75, 3.05) is 19.6 Å². The van der Waals surface area contributed by atoms with Crippen LogP contribution in [-0.4, -0.2) is 24.5 Å². The van der Waals surface area contributed by atoms with Gasteiger partial charge < -0.3 is 4.90 Å². The van der Waals surface area contributed by atoms with Crippen molar-refractivity contribution in [2.45, 2.75) is 18.8 Å². The zero-order chi connectivity index (χ0) is 11.7. The molecule has 17 heavy (non-hydrogen) atoms. The van der Waals surface area contributed by atoms with Gasteiger partial charge in [0.05, 0.1) is 0 Å². The zero-order valence-electron chi connectivity index (χ0n) is 10.2. The third kappa shape index (κ3) is 1.98. The average molecular weight is 225 g/mol. The Kier molecular flexibility index (Phi) is 2.91. The van der Waals surface area contributed by atoms with Crippen LogP contribution in [0.2, 0.25) is 0 Å². The Morgan fingerprint density at radius 1 is 1.24 bits per heavy atom. The van der Waals surface area contributed by atoms with Gasteiger partial charge in [0.1, 0.15) is 0 Å². The molecule has 1 heteroatoms. The molecule has 0 saturated carbocycles. The van der Waals surface area contributed by atoms with E-state index >= 15 is 0 Å². The SMILES string of the molecule is C#CC[C@@H]1CN2CC[C@H]1[C@@H](c1ccccc1)C2. The summed E-state index contributed by atoms with van der Waals surface area (Å²) in [5, 5.41) is 0. The Balaban J connectivity index is 1.85. The first-order valence-electron chi connectivity index (χ1n) is 6.59. The van der Waals surface area contributed by atoms with Crippen LogP contribution in [0.1, 0.15) is 24.3 Å². The van der Waals surface area contributed by atoms with E-state index in [9.17, 15) is 0 Å². The van der Waals surface area contributed by atoms with Crippen LogP contribution in [0.25, 0.3) is 0 Å². The fraction of sp³-hybridized carbons (Fsp3) is 0.500. The monoisotopic (exact) mass is 225 g/mol. The van der Waals surface area contributed by atoms with Crippen LogP contribution in [-0.2, 0) is 0 Å². The first-order valence-corrected chi connectivity index (χ1v) is 6.59. The van der Waals surface area contributed by atoms with E-state index in [0.29, 0.717) is 11.8 Å². The van der Waals surface area contributed by atoms with Gasteiger partial charge in [0.2, 0.25) is 0 Å². The lowest BCUT2D eigenvalue weighted by molar-refractivity contribution is 0.0322. The van der Waals surface area contributed by atoms with Crippen LogP contribution in [0.5, 0.6) is 0 Å². The number of hydrogen-bond acceptors (Lipinski definition) is 1. The fourth-order valence-corrected chi connectivity index (χ4v) is 3.65. The minimum Gasteiger partial charge on any atom is -0.302 e. The first-order chi connectivity index (χ1) is 8.38. The molecule has 4 rings (SSSR count). The van der Waals surface area contributed by atoms with Gasteiger partial charge in [-0.3, -0.25) is 0 Å². The maximum Gasteiger partial charge on any atom is 0.0129 e. The van der Waals surface area contributed by atoms with E-state index in [0.717, 1.165) is 12.3 Å². The number of nitrogens with zero attached hydrogens (tertiary/aromatic N) is 1. The topological polar surface area (TPSA) is 3.24 Å². The molecule has 3 heterocycles. The average Bonchev–Trinajstić information content (AvgIpc) is 2.41. The molecule has 3 aliphatic rings. The molecular weight excluding hydrogens is 206 g/mol. The van der Waals surface area contributed by atoms with Crippen molar-refractivity contribution in [1.82, 2.24) is 4.90 Å². The fourth-order valence-electron chi connectivity index (χ4n) is 3.65. The highest BCUT2D eigenvalue weighted by molar-refractivity contribution is 5.23. The van der Waals surface area contributed by atoms with Crippen molar-refractivity contribution in [3.05, 3.63) is 35.9 Å². The molecule has 88 valence electrons. The molecular formula is C16H19N. The Labute approximate surface area is 104 Å².